The SMILES string of the molecule is NC(=O)[C@@H]1OC(=O)N2c3cc(F)c(C4C5CCCC54)cc3C[C@@H]12. The summed E-state index contributed by atoms with van der Waals surface area (Å²) in [6.07, 6.45) is 2.55. The maximum atomic E-state index is 14.6. The minimum atomic E-state index is -0.957. The van der Waals surface area contributed by atoms with E-state index in [2.05, 4.69) is 0 Å². The van der Waals surface area contributed by atoms with E-state index in [1.54, 1.807) is 0 Å². The number of nitrogens with zero attached hydrogens (tertiary/aromatic N) is 1. The number of ether oxygens (including phenoxy) is 1. The number of carbonyl (C=O) groups is 2. The summed E-state index contributed by atoms with van der Waals surface area (Å²) in [6.45, 7) is 0. The molecular formula is C17H17FN2O3. The van der Waals surface area contributed by atoms with Crippen LogP contribution in [0, 0.1) is 17.7 Å². The van der Waals surface area contributed by atoms with Crippen LogP contribution >= 0.6 is 0 Å². The molecule has 0 spiro atoms. The smallest absolute Gasteiger partial charge is 0.415 e. The molecule has 2 N–H and O–H groups in total. The number of rotatable bonds is 2. The summed E-state index contributed by atoms with van der Waals surface area (Å²) in [5, 5.41) is 0. The van der Waals surface area contributed by atoms with Crippen molar-refractivity contribution in [1.82, 2.24) is 0 Å². The fourth-order valence-corrected chi connectivity index (χ4v) is 5.02. The lowest BCUT2D eigenvalue weighted by Gasteiger charge is -2.14. The Kier molecular flexibility index (Phi) is 2.46. The number of hydrogen-bond donors (Lipinski definition) is 1. The average Bonchev–Trinajstić information content (AvgIpc) is 2.88. The van der Waals surface area contributed by atoms with Crippen molar-refractivity contribution in [2.45, 2.75) is 43.7 Å². The number of carbonyl (C=O) groups excluding carboxylic acids is 2. The highest BCUT2D eigenvalue weighted by atomic mass is 19.1. The molecule has 2 saturated carbocycles. The van der Waals surface area contributed by atoms with Gasteiger partial charge in [0.25, 0.3) is 5.91 Å². The molecule has 5 rings (SSSR count). The zero-order valence-electron chi connectivity index (χ0n) is 12.5. The Morgan fingerprint density at radius 1 is 1.30 bits per heavy atom. The fourth-order valence-electron chi connectivity index (χ4n) is 5.02. The van der Waals surface area contributed by atoms with Gasteiger partial charge < -0.3 is 10.5 Å². The Balaban J connectivity index is 1.52. The molecule has 23 heavy (non-hydrogen) atoms. The molecule has 6 heteroatoms. The Hall–Kier alpha value is -2.11. The van der Waals surface area contributed by atoms with Gasteiger partial charge in [-0.1, -0.05) is 12.5 Å². The molecule has 4 aliphatic rings. The van der Waals surface area contributed by atoms with Crippen LogP contribution in [-0.2, 0) is 16.0 Å². The summed E-state index contributed by atoms with van der Waals surface area (Å²) in [4.78, 5) is 24.9. The van der Waals surface area contributed by atoms with Gasteiger partial charge in [0.15, 0.2) is 0 Å². The topological polar surface area (TPSA) is 72.6 Å². The first-order valence-electron chi connectivity index (χ1n) is 8.17. The van der Waals surface area contributed by atoms with E-state index in [4.69, 9.17) is 10.5 Å². The Morgan fingerprint density at radius 2 is 2.04 bits per heavy atom. The Labute approximate surface area is 132 Å². The quantitative estimate of drug-likeness (QED) is 0.908. The van der Waals surface area contributed by atoms with Crippen LogP contribution in [0.2, 0.25) is 0 Å². The molecule has 1 aromatic rings. The number of amides is 2. The maximum Gasteiger partial charge on any atom is 0.415 e. The molecule has 2 amide bonds. The zero-order valence-corrected chi connectivity index (χ0v) is 12.5. The average molecular weight is 316 g/mol. The molecule has 0 bridgehead atoms. The zero-order chi connectivity index (χ0) is 15.9. The monoisotopic (exact) mass is 316 g/mol. The highest BCUT2D eigenvalue weighted by Crippen LogP contribution is 2.63. The number of benzene rings is 1. The summed E-state index contributed by atoms with van der Waals surface area (Å²) >= 11 is 0. The number of anilines is 1. The first-order chi connectivity index (χ1) is 11.1. The van der Waals surface area contributed by atoms with E-state index in [1.807, 2.05) is 6.07 Å². The predicted octanol–water partition coefficient (Wildman–Crippen LogP) is 2.07. The number of cyclic esters (lactones) is 1. The molecule has 1 aromatic carbocycles. The largest absolute Gasteiger partial charge is 0.433 e. The van der Waals surface area contributed by atoms with Crippen molar-refractivity contribution in [3.05, 3.63) is 29.1 Å². The van der Waals surface area contributed by atoms with Crippen molar-refractivity contribution in [2.24, 2.45) is 17.6 Å². The second-order valence-corrected chi connectivity index (χ2v) is 7.14. The number of halogens is 1. The van der Waals surface area contributed by atoms with Crippen molar-refractivity contribution >= 4 is 17.7 Å². The van der Waals surface area contributed by atoms with Crippen LogP contribution in [0.25, 0.3) is 0 Å². The molecule has 120 valence electrons. The summed E-state index contributed by atoms with van der Waals surface area (Å²) in [5.41, 5.74) is 7.53. The van der Waals surface area contributed by atoms with Crippen molar-refractivity contribution in [3.8, 4) is 0 Å². The molecule has 5 nitrogen and oxygen atoms in total. The van der Waals surface area contributed by atoms with Crippen molar-refractivity contribution in [1.29, 1.82) is 0 Å². The van der Waals surface area contributed by atoms with Crippen LogP contribution in [0.5, 0.6) is 0 Å². The van der Waals surface area contributed by atoms with Crippen LogP contribution in [0.15, 0.2) is 12.1 Å². The van der Waals surface area contributed by atoms with Crippen LogP contribution in [0.1, 0.15) is 36.3 Å². The van der Waals surface area contributed by atoms with Gasteiger partial charge in [0.05, 0.1) is 11.7 Å². The van der Waals surface area contributed by atoms with Gasteiger partial charge in [0.2, 0.25) is 6.10 Å². The molecule has 2 unspecified atom stereocenters. The highest BCUT2D eigenvalue weighted by molar-refractivity contribution is 5.98. The van der Waals surface area contributed by atoms with E-state index in [9.17, 15) is 14.0 Å². The van der Waals surface area contributed by atoms with Gasteiger partial charge in [0, 0.05) is 0 Å². The van der Waals surface area contributed by atoms with Gasteiger partial charge in [-0.05, 0) is 54.2 Å². The number of fused-ring (bicyclic) bond motifs is 4. The minimum absolute atomic E-state index is 0.251. The van der Waals surface area contributed by atoms with Crippen LogP contribution in [-0.4, -0.2) is 24.1 Å². The lowest BCUT2D eigenvalue weighted by molar-refractivity contribution is -0.125. The van der Waals surface area contributed by atoms with E-state index >= 15 is 0 Å². The van der Waals surface area contributed by atoms with Crippen molar-refractivity contribution < 1.29 is 18.7 Å². The third kappa shape index (κ3) is 1.66. The summed E-state index contributed by atoms with van der Waals surface area (Å²) in [7, 11) is 0. The lowest BCUT2D eigenvalue weighted by atomic mass is 9.98. The van der Waals surface area contributed by atoms with Crippen LogP contribution in [0.3, 0.4) is 0 Å². The van der Waals surface area contributed by atoms with Crippen molar-refractivity contribution in [3.63, 3.8) is 0 Å². The van der Waals surface area contributed by atoms with Crippen LogP contribution in [0.4, 0.5) is 14.9 Å². The molecule has 2 aliphatic carbocycles. The van der Waals surface area contributed by atoms with E-state index in [-0.39, 0.29) is 5.82 Å². The van der Waals surface area contributed by atoms with E-state index in [0.29, 0.717) is 29.9 Å². The normalized spacial score (nSPS) is 36.5. The molecule has 4 atom stereocenters. The number of hydrogen-bond acceptors (Lipinski definition) is 3. The summed E-state index contributed by atoms with van der Waals surface area (Å²) in [5.74, 6) is 0.692. The molecule has 1 saturated heterocycles. The van der Waals surface area contributed by atoms with E-state index < -0.39 is 24.1 Å². The maximum absolute atomic E-state index is 14.6. The number of primary amides is 1. The van der Waals surface area contributed by atoms with E-state index in [1.165, 1.54) is 30.2 Å². The van der Waals surface area contributed by atoms with Crippen LogP contribution < -0.4 is 10.6 Å². The molecule has 3 fully saturated rings. The molecular weight excluding hydrogens is 299 g/mol. The second-order valence-electron chi connectivity index (χ2n) is 7.14. The predicted molar refractivity (Wildman–Crippen MR) is 79.4 cm³/mol. The third-order valence-electron chi connectivity index (χ3n) is 6.04. The van der Waals surface area contributed by atoms with Crippen molar-refractivity contribution in [2.75, 3.05) is 4.90 Å². The summed E-state index contributed by atoms with van der Waals surface area (Å²) < 4.78 is 19.6. The van der Waals surface area contributed by atoms with Gasteiger partial charge in [-0.15, -0.1) is 0 Å². The third-order valence-corrected chi connectivity index (χ3v) is 6.04. The van der Waals surface area contributed by atoms with Gasteiger partial charge in [-0.25, -0.2) is 9.18 Å². The lowest BCUT2D eigenvalue weighted by Crippen LogP contribution is -2.41. The first kappa shape index (κ1) is 13.3. The first-order valence-corrected chi connectivity index (χ1v) is 8.17. The second kappa shape index (κ2) is 4.24. The van der Waals surface area contributed by atoms with E-state index in [0.717, 1.165) is 11.1 Å². The Morgan fingerprint density at radius 3 is 2.74 bits per heavy atom. The van der Waals surface area contributed by atoms with Gasteiger partial charge >= 0.3 is 6.09 Å². The standard InChI is InChI=1S/C17H17FN2O3/c18-11-6-12-7(4-10(11)14-8-2-1-3-9(8)14)5-13-15(16(19)21)23-17(22)20(12)13/h4,6,8-9,13-15H,1-3,5H2,(H2,19,21)/t8?,9?,13-,14?,15+/m0/s1. The molecule has 2 heterocycles. The van der Waals surface area contributed by atoms with Gasteiger partial charge in [-0.2, -0.15) is 0 Å². The van der Waals surface area contributed by atoms with Gasteiger partial charge in [-0.3, -0.25) is 9.69 Å². The number of nitrogens with two attached hydrogens (primary N) is 1. The Bertz CT molecular complexity index is 740. The molecule has 0 aromatic heterocycles. The highest BCUT2D eigenvalue weighted by Gasteiger charge is 2.55. The van der Waals surface area contributed by atoms with Gasteiger partial charge in [0.1, 0.15) is 5.82 Å². The minimum Gasteiger partial charge on any atom is -0.433 e. The molecule has 2 aliphatic heterocycles. The molecule has 0 radical (unpaired) electrons. The summed E-state index contributed by atoms with van der Waals surface area (Å²) in [6, 6.07) is 2.89. The fraction of sp³-hybridized carbons (Fsp3) is 0.529.